The van der Waals surface area contributed by atoms with Crippen LogP contribution >= 0.6 is 34.8 Å². The summed E-state index contributed by atoms with van der Waals surface area (Å²) in [6.07, 6.45) is 0.968. The van der Waals surface area contributed by atoms with Gasteiger partial charge in [-0.15, -0.1) is 0 Å². The summed E-state index contributed by atoms with van der Waals surface area (Å²) in [5.41, 5.74) is 0.812. The van der Waals surface area contributed by atoms with Gasteiger partial charge in [0.2, 0.25) is 11.8 Å². The highest BCUT2D eigenvalue weighted by molar-refractivity contribution is 7.92. The van der Waals surface area contributed by atoms with Crippen LogP contribution in [0.15, 0.2) is 65.6 Å². The van der Waals surface area contributed by atoms with Gasteiger partial charge in [0, 0.05) is 23.7 Å². The Bertz CT molecular complexity index is 1570. The summed E-state index contributed by atoms with van der Waals surface area (Å²) >= 11 is 18.5. The molecule has 13 heteroatoms. The minimum Gasteiger partial charge on any atom is -0.493 e. The van der Waals surface area contributed by atoms with Gasteiger partial charge in [0.25, 0.3) is 10.0 Å². The van der Waals surface area contributed by atoms with Gasteiger partial charge in [0.1, 0.15) is 12.6 Å². The maximum absolute atomic E-state index is 14.2. The predicted molar refractivity (Wildman–Crippen MR) is 175 cm³/mol. The van der Waals surface area contributed by atoms with Crippen LogP contribution in [0.4, 0.5) is 5.69 Å². The average Bonchev–Trinajstić information content (AvgIpc) is 3.01. The second-order valence-corrected chi connectivity index (χ2v) is 13.1. The molecule has 0 aliphatic carbocycles. The molecule has 0 saturated heterocycles. The molecule has 9 nitrogen and oxygen atoms in total. The Hall–Kier alpha value is -3.18. The normalized spacial score (nSPS) is 12.6. The Morgan fingerprint density at radius 2 is 1.52 bits per heavy atom. The average molecular weight is 685 g/mol. The van der Waals surface area contributed by atoms with E-state index in [1.807, 2.05) is 13.8 Å². The SMILES string of the molecule is CC[C@H](C)NC(=O)[C@H](CC)N(Cc1ccc(Cl)c(Cl)c1)C(=O)CN(c1ccc(Cl)cc1)S(=O)(=O)c1ccc(OC)c(OC)c1. The van der Waals surface area contributed by atoms with Crippen LogP contribution in [-0.4, -0.2) is 58.0 Å². The molecule has 0 saturated carbocycles. The number of carbonyl (C=O) groups is 2. The third-order valence-electron chi connectivity index (χ3n) is 7.06. The zero-order chi connectivity index (χ0) is 32.6. The van der Waals surface area contributed by atoms with E-state index >= 15 is 0 Å². The molecule has 0 radical (unpaired) electrons. The van der Waals surface area contributed by atoms with Gasteiger partial charge >= 0.3 is 0 Å². The highest BCUT2D eigenvalue weighted by Crippen LogP contribution is 2.33. The number of benzene rings is 3. The number of carbonyl (C=O) groups excluding carboxylic acids is 2. The van der Waals surface area contributed by atoms with E-state index in [4.69, 9.17) is 44.3 Å². The second kappa shape index (κ2) is 15.7. The topological polar surface area (TPSA) is 105 Å². The van der Waals surface area contributed by atoms with Crippen LogP contribution in [0.1, 0.15) is 39.2 Å². The smallest absolute Gasteiger partial charge is 0.264 e. The van der Waals surface area contributed by atoms with E-state index in [2.05, 4.69) is 5.32 Å². The van der Waals surface area contributed by atoms with Gasteiger partial charge in [-0.1, -0.05) is 54.7 Å². The number of nitrogens with zero attached hydrogens (tertiary/aromatic N) is 2. The highest BCUT2D eigenvalue weighted by Gasteiger charge is 2.34. The molecule has 238 valence electrons. The number of ether oxygens (including phenoxy) is 2. The number of methoxy groups -OCH3 is 2. The highest BCUT2D eigenvalue weighted by atomic mass is 35.5. The molecule has 2 atom stereocenters. The molecular formula is C31H36Cl3N3O6S. The third kappa shape index (κ3) is 8.50. The fraction of sp³-hybridized carbons (Fsp3) is 0.355. The minimum atomic E-state index is -4.35. The molecule has 3 rings (SSSR count). The Morgan fingerprint density at radius 3 is 2.09 bits per heavy atom. The standard InChI is InChI=1S/C31H36Cl3N3O6S/c1-6-20(3)35-31(39)27(7-2)36(18-21-8-14-25(33)26(34)16-21)30(38)19-37(23-11-9-22(32)10-12-23)44(40,41)24-13-15-28(42-4)29(17-24)43-5/h8-17,20,27H,6-7,18-19H2,1-5H3,(H,35,39)/t20-,27-/m0/s1. The molecule has 2 amide bonds. The monoisotopic (exact) mass is 683 g/mol. The number of hydrogen-bond acceptors (Lipinski definition) is 6. The molecule has 0 spiro atoms. The molecule has 0 aliphatic heterocycles. The van der Waals surface area contributed by atoms with Crippen molar-refractivity contribution in [3.63, 3.8) is 0 Å². The maximum Gasteiger partial charge on any atom is 0.264 e. The van der Waals surface area contributed by atoms with Gasteiger partial charge in [-0.05, 0) is 73.9 Å². The van der Waals surface area contributed by atoms with Crippen LogP contribution in [-0.2, 0) is 26.2 Å². The lowest BCUT2D eigenvalue weighted by atomic mass is 10.1. The van der Waals surface area contributed by atoms with E-state index < -0.39 is 28.5 Å². The van der Waals surface area contributed by atoms with E-state index in [1.165, 1.54) is 61.6 Å². The number of sulfonamides is 1. The van der Waals surface area contributed by atoms with Crippen LogP contribution in [0.25, 0.3) is 0 Å². The summed E-state index contributed by atoms with van der Waals surface area (Å²) in [5.74, 6) is -0.422. The first-order valence-electron chi connectivity index (χ1n) is 13.9. The van der Waals surface area contributed by atoms with E-state index in [9.17, 15) is 18.0 Å². The van der Waals surface area contributed by atoms with Crippen molar-refractivity contribution in [3.05, 3.63) is 81.3 Å². The van der Waals surface area contributed by atoms with E-state index in [0.29, 0.717) is 27.8 Å². The molecule has 0 heterocycles. The maximum atomic E-state index is 14.2. The summed E-state index contributed by atoms with van der Waals surface area (Å²) < 4.78 is 39.9. The molecular weight excluding hydrogens is 649 g/mol. The summed E-state index contributed by atoms with van der Waals surface area (Å²) in [6, 6.07) is 14.1. The Kier molecular flexibility index (Phi) is 12.6. The van der Waals surface area contributed by atoms with Crippen molar-refractivity contribution in [1.29, 1.82) is 0 Å². The Labute approximate surface area is 274 Å². The summed E-state index contributed by atoms with van der Waals surface area (Å²) in [5, 5.41) is 3.95. The first-order chi connectivity index (χ1) is 20.9. The molecule has 0 fully saturated rings. The number of anilines is 1. The van der Waals surface area contributed by atoms with Crippen LogP contribution in [0, 0.1) is 0 Å². The number of amides is 2. The lowest BCUT2D eigenvalue weighted by Crippen LogP contribution is -2.53. The first-order valence-corrected chi connectivity index (χ1v) is 16.5. The number of nitrogens with one attached hydrogen (secondary N) is 1. The minimum absolute atomic E-state index is 0.0208. The fourth-order valence-corrected chi connectivity index (χ4v) is 6.31. The summed E-state index contributed by atoms with van der Waals surface area (Å²) in [4.78, 5) is 28.9. The van der Waals surface area contributed by atoms with Gasteiger partial charge < -0.3 is 19.7 Å². The van der Waals surface area contributed by atoms with Gasteiger partial charge in [-0.3, -0.25) is 13.9 Å². The van der Waals surface area contributed by atoms with Crippen molar-refractivity contribution < 1.29 is 27.5 Å². The quantitative estimate of drug-likeness (QED) is 0.206. The van der Waals surface area contributed by atoms with Crippen molar-refractivity contribution in [3.8, 4) is 11.5 Å². The molecule has 0 unspecified atom stereocenters. The molecule has 44 heavy (non-hydrogen) atoms. The molecule has 0 bridgehead atoms. The van der Waals surface area contributed by atoms with Crippen LogP contribution < -0.4 is 19.1 Å². The Morgan fingerprint density at radius 1 is 0.864 bits per heavy atom. The predicted octanol–water partition coefficient (Wildman–Crippen LogP) is 6.58. The van der Waals surface area contributed by atoms with Gasteiger partial charge in [0.05, 0.1) is 34.8 Å². The molecule has 1 N–H and O–H groups in total. The molecule has 3 aromatic rings. The summed E-state index contributed by atoms with van der Waals surface area (Å²) in [7, 11) is -1.51. The zero-order valence-electron chi connectivity index (χ0n) is 25.1. The molecule has 3 aromatic carbocycles. The van der Waals surface area contributed by atoms with Crippen molar-refractivity contribution in [2.45, 2.75) is 57.1 Å². The number of rotatable bonds is 14. The lowest BCUT2D eigenvalue weighted by molar-refractivity contribution is -0.140. The van der Waals surface area contributed by atoms with Crippen LogP contribution in [0.3, 0.4) is 0 Å². The van der Waals surface area contributed by atoms with Crippen molar-refractivity contribution >= 4 is 62.3 Å². The van der Waals surface area contributed by atoms with E-state index in [-0.39, 0.29) is 46.3 Å². The molecule has 0 aliphatic rings. The van der Waals surface area contributed by atoms with E-state index in [1.54, 1.807) is 25.1 Å². The lowest BCUT2D eigenvalue weighted by Gasteiger charge is -2.33. The van der Waals surface area contributed by atoms with Crippen molar-refractivity contribution in [2.24, 2.45) is 0 Å². The van der Waals surface area contributed by atoms with Gasteiger partial charge in [0.15, 0.2) is 11.5 Å². The second-order valence-electron chi connectivity index (χ2n) is 10.0. The third-order valence-corrected chi connectivity index (χ3v) is 9.82. The molecule has 0 aromatic heterocycles. The van der Waals surface area contributed by atoms with Crippen LogP contribution in [0.5, 0.6) is 11.5 Å². The van der Waals surface area contributed by atoms with Crippen molar-refractivity contribution in [1.82, 2.24) is 10.2 Å². The van der Waals surface area contributed by atoms with Gasteiger partial charge in [-0.2, -0.15) is 0 Å². The largest absolute Gasteiger partial charge is 0.493 e. The zero-order valence-corrected chi connectivity index (χ0v) is 28.2. The number of halogens is 3. The van der Waals surface area contributed by atoms with E-state index in [0.717, 1.165) is 4.31 Å². The fourth-order valence-electron chi connectivity index (χ4n) is 4.44. The van der Waals surface area contributed by atoms with Gasteiger partial charge in [-0.25, -0.2) is 8.42 Å². The Balaban J connectivity index is 2.11. The summed E-state index contributed by atoms with van der Waals surface area (Å²) in [6.45, 7) is 4.95. The van der Waals surface area contributed by atoms with Crippen molar-refractivity contribution in [2.75, 3.05) is 25.1 Å². The number of hydrogen-bond donors (Lipinski definition) is 1. The van der Waals surface area contributed by atoms with Crippen LogP contribution in [0.2, 0.25) is 15.1 Å². The first kappa shape index (κ1) is 35.3.